The summed E-state index contributed by atoms with van der Waals surface area (Å²) in [6.07, 6.45) is 0. The van der Waals surface area contributed by atoms with Crippen molar-refractivity contribution in [3.8, 4) is 0 Å². The van der Waals surface area contributed by atoms with Crippen LogP contribution in [0.5, 0.6) is 0 Å². The number of rotatable bonds is 2. The van der Waals surface area contributed by atoms with Crippen molar-refractivity contribution >= 4 is 33.0 Å². The van der Waals surface area contributed by atoms with Crippen LogP contribution in [0.25, 0.3) is 0 Å². The van der Waals surface area contributed by atoms with E-state index >= 15 is 0 Å². The highest BCUT2D eigenvalue weighted by molar-refractivity contribution is 9.10. The van der Waals surface area contributed by atoms with E-state index in [0.717, 1.165) is 0 Å². The molecule has 2 rings (SSSR count). The molecule has 3 N–H and O–H groups in total. The maximum absolute atomic E-state index is 13.5. The minimum absolute atomic E-state index is 0.251. The number of nitrogens with one attached hydrogen (secondary N) is 1. The Balaban J connectivity index is 2.28. The molecule has 0 saturated heterocycles. The molecule has 0 fully saturated rings. The minimum Gasteiger partial charge on any atom is -0.399 e. The minimum atomic E-state index is -0.478. The van der Waals surface area contributed by atoms with E-state index in [1.807, 2.05) is 0 Å². The molecular weight excluding hydrogens is 290 g/mol. The van der Waals surface area contributed by atoms with Crippen LogP contribution in [-0.2, 0) is 0 Å². The van der Waals surface area contributed by atoms with Crippen molar-refractivity contribution in [1.82, 2.24) is 0 Å². The molecule has 5 heteroatoms. The van der Waals surface area contributed by atoms with Crippen LogP contribution >= 0.6 is 15.9 Å². The molecule has 0 atom stereocenters. The highest BCUT2D eigenvalue weighted by Crippen LogP contribution is 2.24. The van der Waals surface area contributed by atoms with Crippen molar-refractivity contribution in [1.29, 1.82) is 0 Å². The summed E-state index contributed by atoms with van der Waals surface area (Å²) in [5, 5.41) is 2.78. The molecule has 0 heterocycles. The number of nitrogens with two attached hydrogens (primary N) is 1. The van der Waals surface area contributed by atoms with Crippen LogP contribution in [0.2, 0.25) is 0 Å². The van der Waals surface area contributed by atoms with E-state index in [1.165, 1.54) is 18.2 Å². The molecule has 2 nitrogen and oxygen atoms in total. The molecular formula is C12H9BrF2N2. The molecule has 88 valence electrons. The van der Waals surface area contributed by atoms with Gasteiger partial charge in [-0.15, -0.1) is 0 Å². The van der Waals surface area contributed by atoms with E-state index < -0.39 is 11.6 Å². The molecule has 0 spiro atoms. The fourth-order valence-electron chi connectivity index (χ4n) is 1.36. The van der Waals surface area contributed by atoms with Gasteiger partial charge in [-0.3, -0.25) is 0 Å². The third-order valence-electron chi connectivity index (χ3n) is 2.19. The number of benzene rings is 2. The maximum atomic E-state index is 13.5. The lowest BCUT2D eigenvalue weighted by Crippen LogP contribution is -1.96. The lowest BCUT2D eigenvalue weighted by atomic mass is 10.2. The third-order valence-corrected chi connectivity index (χ3v) is 2.83. The van der Waals surface area contributed by atoms with Crippen LogP contribution in [0.3, 0.4) is 0 Å². The standard InChI is InChI=1S/C12H9BrF2N2/c13-9-3-2-8(6-10(9)14)17-12-4-1-7(16)5-11(12)15/h1-6,17H,16H2. The highest BCUT2D eigenvalue weighted by atomic mass is 79.9. The summed E-state index contributed by atoms with van der Waals surface area (Å²) >= 11 is 3.05. The molecule has 0 aliphatic rings. The van der Waals surface area contributed by atoms with Gasteiger partial charge in [-0.1, -0.05) is 0 Å². The van der Waals surface area contributed by atoms with Crippen molar-refractivity contribution in [3.05, 3.63) is 52.5 Å². The van der Waals surface area contributed by atoms with Gasteiger partial charge in [0, 0.05) is 11.4 Å². The Morgan fingerprint density at radius 2 is 1.76 bits per heavy atom. The maximum Gasteiger partial charge on any atom is 0.148 e. The number of hydrogen-bond donors (Lipinski definition) is 2. The first-order valence-corrected chi connectivity index (χ1v) is 5.62. The number of nitrogen functional groups attached to an aromatic ring is 1. The fourth-order valence-corrected chi connectivity index (χ4v) is 1.61. The average molecular weight is 299 g/mol. The molecule has 0 radical (unpaired) electrons. The summed E-state index contributed by atoms with van der Waals surface area (Å²) in [5.41, 5.74) is 6.49. The van der Waals surface area contributed by atoms with Gasteiger partial charge >= 0.3 is 0 Å². The first-order chi connectivity index (χ1) is 8.06. The first kappa shape index (κ1) is 11.9. The Morgan fingerprint density at radius 1 is 1.00 bits per heavy atom. The van der Waals surface area contributed by atoms with E-state index in [-0.39, 0.29) is 5.69 Å². The van der Waals surface area contributed by atoms with Crippen molar-refractivity contribution < 1.29 is 8.78 Å². The molecule has 0 amide bonds. The zero-order valence-corrected chi connectivity index (χ0v) is 10.3. The topological polar surface area (TPSA) is 38.0 Å². The van der Waals surface area contributed by atoms with Crippen LogP contribution in [0.1, 0.15) is 0 Å². The van der Waals surface area contributed by atoms with E-state index in [0.29, 0.717) is 15.8 Å². The Labute approximate surface area is 106 Å². The van der Waals surface area contributed by atoms with Crippen LogP contribution < -0.4 is 11.1 Å². The van der Waals surface area contributed by atoms with Crippen molar-refractivity contribution in [2.24, 2.45) is 0 Å². The molecule has 17 heavy (non-hydrogen) atoms. The van der Waals surface area contributed by atoms with Gasteiger partial charge in [0.25, 0.3) is 0 Å². The first-order valence-electron chi connectivity index (χ1n) is 4.83. The van der Waals surface area contributed by atoms with Crippen LogP contribution in [0.4, 0.5) is 25.8 Å². The normalized spacial score (nSPS) is 10.3. The Hall–Kier alpha value is -1.62. The average Bonchev–Trinajstić information content (AvgIpc) is 2.27. The third kappa shape index (κ3) is 2.74. The fraction of sp³-hybridized carbons (Fsp3) is 0. The van der Waals surface area contributed by atoms with E-state index in [1.54, 1.807) is 18.2 Å². The zero-order valence-electron chi connectivity index (χ0n) is 8.68. The number of anilines is 3. The number of halogens is 3. The van der Waals surface area contributed by atoms with Gasteiger partial charge in [0.05, 0.1) is 10.2 Å². The highest BCUT2D eigenvalue weighted by Gasteiger charge is 2.05. The predicted octanol–water partition coefficient (Wildman–Crippen LogP) is 4.05. The van der Waals surface area contributed by atoms with Crippen LogP contribution in [-0.4, -0.2) is 0 Å². The summed E-state index contributed by atoms with van der Waals surface area (Å²) in [5.74, 6) is -0.890. The summed E-state index contributed by atoms with van der Waals surface area (Å²) in [6.45, 7) is 0. The molecule has 0 aromatic heterocycles. The molecule has 0 saturated carbocycles. The summed E-state index contributed by atoms with van der Waals surface area (Å²) in [6, 6.07) is 8.75. The van der Waals surface area contributed by atoms with Crippen LogP contribution in [0, 0.1) is 11.6 Å². The molecule has 0 bridgehead atoms. The Bertz CT molecular complexity index is 558. The smallest absolute Gasteiger partial charge is 0.148 e. The van der Waals surface area contributed by atoms with E-state index in [2.05, 4.69) is 21.2 Å². The summed E-state index contributed by atoms with van der Waals surface area (Å²) in [4.78, 5) is 0. The molecule has 0 unspecified atom stereocenters. The zero-order chi connectivity index (χ0) is 12.4. The van der Waals surface area contributed by atoms with Crippen molar-refractivity contribution in [3.63, 3.8) is 0 Å². The van der Waals surface area contributed by atoms with Gasteiger partial charge in [0.15, 0.2) is 0 Å². The molecule has 0 aliphatic carbocycles. The second-order valence-corrected chi connectivity index (χ2v) is 4.35. The molecule has 2 aromatic rings. The lowest BCUT2D eigenvalue weighted by Gasteiger charge is -2.08. The Kier molecular flexibility index (Phi) is 3.28. The van der Waals surface area contributed by atoms with Crippen LogP contribution in [0.15, 0.2) is 40.9 Å². The van der Waals surface area contributed by atoms with Gasteiger partial charge in [-0.25, -0.2) is 8.78 Å². The number of hydrogen-bond acceptors (Lipinski definition) is 2. The quantitative estimate of drug-likeness (QED) is 0.821. The van der Waals surface area contributed by atoms with Crippen molar-refractivity contribution in [2.75, 3.05) is 11.1 Å². The lowest BCUT2D eigenvalue weighted by molar-refractivity contribution is 0.621. The summed E-state index contributed by atoms with van der Waals surface area (Å²) < 4.78 is 27.1. The predicted molar refractivity (Wildman–Crippen MR) is 68.2 cm³/mol. The Morgan fingerprint density at radius 3 is 2.41 bits per heavy atom. The molecule has 2 aromatic carbocycles. The van der Waals surface area contributed by atoms with E-state index in [9.17, 15) is 8.78 Å². The largest absolute Gasteiger partial charge is 0.399 e. The van der Waals surface area contributed by atoms with Gasteiger partial charge < -0.3 is 11.1 Å². The van der Waals surface area contributed by atoms with E-state index in [4.69, 9.17) is 5.73 Å². The van der Waals surface area contributed by atoms with Gasteiger partial charge in [0.1, 0.15) is 11.6 Å². The second-order valence-electron chi connectivity index (χ2n) is 3.49. The SMILES string of the molecule is Nc1ccc(Nc2ccc(Br)c(F)c2)c(F)c1. The van der Waals surface area contributed by atoms with Gasteiger partial charge in [-0.05, 0) is 52.3 Å². The summed E-state index contributed by atoms with van der Waals surface area (Å²) in [7, 11) is 0. The monoisotopic (exact) mass is 298 g/mol. The van der Waals surface area contributed by atoms with Gasteiger partial charge in [-0.2, -0.15) is 0 Å². The van der Waals surface area contributed by atoms with Crippen molar-refractivity contribution in [2.45, 2.75) is 0 Å². The second kappa shape index (κ2) is 4.71. The molecule has 0 aliphatic heterocycles. The van der Waals surface area contributed by atoms with Gasteiger partial charge in [0.2, 0.25) is 0 Å².